The molecular formula is C25H30N4. The number of imidazole rings is 1. The van der Waals surface area contributed by atoms with Gasteiger partial charge in [-0.05, 0) is 77.6 Å². The lowest BCUT2D eigenvalue weighted by atomic mass is 10.1. The van der Waals surface area contributed by atoms with Crippen LogP contribution in [0.4, 0.5) is 11.4 Å². The van der Waals surface area contributed by atoms with Gasteiger partial charge in [-0.1, -0.05) is 35.4 Å². The summed E-state index contributed by atoms with van der Waals surface area (Å²) in [6.45, 7) is 16.6. The lowest BCUT2D eigenvalue weighted by Crippen LogP contribution is -2.00. The number of hydrogen-bond acceptors (Lipinski definition) is 3. The molecule has 3 rings (SSSR count). The molecule has 0 aliphatic heterocycles. The molecule has 0 saturated carbocycles. The van der Waals surface area contributed by atoms with Gasteiger partial charge in [-0.3, -0.25) is 4.99 Å². The second-order valence-corrected chi connectivity index (χ2v) is 8.03. The van der Waals surface area contributed by atoms with Crippen LogP contribution in [0, 0.1) is 41.5 Å². The van der Waals surface area contributed by atoms with Crippen molar-refractivity contribution in [3.63, 3.8) is 0 Å². The Labute approximate surface area is 173 Å². The van der Waals surface area contributed by atoms with Crippen LogP contribution in [-0.4, -0.2) is 21.4 Å². The van der Waals surface area contributed by atoms with Crippen molar-refractivity contribution in [2.24, 2.45) is 9.98 Å². The number of aromatic nitrogens is 2. The lowest BCUT2D eigenvalue weighted by molar-refractivity contribution is 1.22. The molecule has 0 aliphatic rings. The lowest BCUT2D eigenvalue weighted by Gasteiger charge is -2.08. The number of nitrogens with one attached hydrogen (secondary N) is 1. The minimum absolute atomic E-state index is 0.770. The van der Waals surface area contributed by atoms with Crippen molar-refractivity contribution in [1.82, 2.24) is 9.97 Å². The molecular weight excluding hydrogens is 356 g/mol. The Bertz CT molecular complexity index is 995. The molecule has 0 radical (unpaired) electrons. The molecule has 150 valence electrons. The van der Waals surface area contributed by atoms with Gasteiger partial charge in [-0.25, -0.2) is 9.98 Å². The highest BCUT2D eigenvalue weighted by atomic mass is 15.0. The standard InChI is InChI=1S/C25H30N4/c1-14-9-16(3)23(17(4)10-14)27-20(7)22-13-26-25(29-22)21(8)28-24-18(5)11-15(2)12-19(24)6/h9-13H,1-8H3,(H,26,29). The molecule has 1 aromatic heterocycles. The van der Waals surface area contributed by atoms with Crippen molar-refractivity contribution >= 4 is 22.8 Å². The third-order valence-electron chi connectivity index (χ3n) is 5.14. The van der Waals surface area contributed by atoms with Gasteiger partial charge in [-0.2, -0.15) is 0 Å². The fourth-order valence-corrected chi connectivity index (χ4v) is 3.84. The number of H-pyrrole nitrogens is 1. The van der Waals surface area contributed by atoms with Crippen LogP contribution in [0.1, 0.15) is 58.7 Å². The van der Waals surface area contributed by atoms with E-state index in [4.69, 9.17) is 9.98 Å². The predicted molar refractivity (Wildman–Crippen MR) is 124 cm³/mol. The predicted octanol–water partition coefficient (Wildman–Crippen LogP) is 6.54. The van der Waals surface area contributed by atoms with Crippen LogP contribution in [0.3, 0.4) is 0 Å². The Morgan fingerprint density at radius 1 is 0.690 bits per heavy atom. The normalized spacial score (nSPS) is 12.6. The van der Waals surface area contributed by atoms with Gasteiger partial charge in [0, 0.05) is 0 Å². The van der Waals surface area contributed by atoms with E-state index in [0.717, 1.165) is 34.3 Å². The molecule has 1 heterocycles. The number of rotatable bonds is 4. The molecule has 1 N–H and O–H groups in total. The highest BCUT2D eigenvalue weighted by molar-refractivity contribution is 6.02. The van der Waals surface area contributed by atoms with Gasteiger partial charge in [-0.15, -0.1) is 0 Å². The molecule has 0 aliphatic carbocycles. The summed E-state index contributed by atoms with van der Waals surface area (Å²) in [5, 5.41) is 0. The van der Waals surface area contributed by atoms with E-state index in [0.29, 0.717) is 0 Å². The van der Waals surface area contributed by atoms with E-state index in [1.165, 1.54) is 33.4 Å². The summed E-state index contributed by atoms with van der Waals surface area (Å²) in [6.07, 6.45) is 1.83. The first-order valence-corrected chi connectivity index (χ1v) is 9.97. The SMILES string of the molecule is CC(=Nc1c(C)cc(C)cc1C)c1cnc(C(C)=Nc2c(C)cc(C)cc2C)[nH]1. The zero-order valence-electron chi connectivity index (χ0n) is 18.7. The second-order valence-electron chi connectivity index (χ2n) is 8.03. The average Bonchev–Trinajstić information content (AvgIpc) is 3.11. The van der Waals surface area contributed by atoms with Gasteiger partial charge in [0.05, 0.1) is 34.7 Å². The summed E-state index contributed by atoms with van der Waals surface area (Å²) in [4.78, 5) is 17.6. The fraction of sp³-hybridized carbons (Fsp3) is 0.320. The van der Waals surface area contributed by atoms with Gasteiger partial charge < -0.3 is 4.98 Å². The molecule has 0 bridgehead atoms. The van der Waals surface area contributed by atoms with E-state index in [1.807, 2.05) is 20.0 Å². The average molecular weight is 387 g/mol. The fourth-order valence-electron chi connectivity index (χ4n) is 3.84. The molecule has 0 amide bonds. The third-order valence-corrected chi connectivity index (χ3v) is 5.14. The van der Waals surface area contributed by atoms with Crippen LogP contribution >= 0.6 is 0 Å². The summed E-state index contributed by atoms with van der Waals surface area (Å²) in [5.41, 5.74) is 12.0. The monoisotopic (exact) mass is 386 g/mol. The molecule has 4 nitrogen and oxygen atoms in total. The second kappa shape index (κ2) is 8.16. The maximum Gasteiger partial charge on any atom is 0.151 e. The summed E-state index contributed by atoms with van der Waals surface area (Å²) >= 11 is 0. The van der Waals surface area contributed by atoms with Crippen molar-refractivity contribution in [2.75, 3.05) is 0 Å². The first-order valence-electron chi connectivity index (χ1n) is 9.97. The highest BCUT2D eigenvalue weighted by Gasteiger charge is 2.10. The van der Waals surface area contributed by atoms with Crippen molar-refractivity contribution in [3.8, 4) is 0 Å². The maximum absolute atomic E-state index is 4.87. The number of aliphatic imine (C=N–C) groups is 2. The van der Waals surface area contributed by atoms with Crippen LogP contribution in [0.5, 0.6) is 0 Å². The van der Waals surface area contributed by atoms with E-state index in [1.54, 1.807) is 0 Å². The molecule has 0 spiro atoms. The van der Waals surface area contributed by atoms with Crippen LogP contribution in [-0.2, 0) is 0 Å². The number of aryl methyl sites for hydroxylation is 6. The van der Waals surface area contributed by atoms with Gasteiger partial charge in [0.2, 0.25) is 0 Å². The van der Waals surface area contributed by atoms with Crippen molar-refractivity contribution < 1.29 is 0 Å². The summed E-state index contributed by atoms with van der Waals surface area (Å²) in [6, 6.07) is 8.66. The van der Waals surface area contributed by atoms with Crippen LogP contribution in [0.25, 0.3) is 0 Å². The topological polar surface area (TPSA) is 53.4 Å². The summed E-state index contributed by atoms with van der Waals surface area (Å²) in [5.74, 6) is 0.770. The van der Waals surface area contributed by atoms with Crippen LogP contribution < -0.4 is 0 Å². The van der Waals surface area contributed by atoms with E-state index in [2.05, 4.69) is 75.8 Å². The van der Waals surface area contributed by atoms with Crippen molar-refractivity contribution in [3.05, 3.63) is 75.4 Å². The first-order chi connectivity index (χ1) is 13.7. The molecule has 4 heteroatoms. The number of hydrogen-bond donors (Lipinski definition) is 1. The Kier molecular flexibility index (Phi) is 5.83. The van der Waals surface area contributed by atoms with E-state index in [-0.39, 0.29) is 0 Å². The van der Waals surface area contributed by atoms with Crippen molar-refractivity contribution in [1.29, 1.82) is 0 Å². The number of aromatic amines is 1. The molecule has 0 saturated heterocycles. The molecule has 29 heavy (non-hydrogen) atoms. The zero-order valence-corrected chi connectivity index (χ0v) is 18.7. The Morgan fingerprint density at radius 3 is 1.55 bits per heavy atom. The summed E-state index contributed by atoms with van der Waals surface area (Å²) in [7, 11) is 0. The first kappa shape index (κ1) is 20.7. The molecule has 0 atom stereocenters. The Balaban J connectivity index is 1.93. The smallest absolute Gasteiger partial charge is 0.151 e. The number of benzene rings is 2. The summed E-state index contributed by atoms with van der Waals surface area (Å²) < 4.78 is 0. The quantitative estimate of drug-likeness (QED) is 0.508. The highest BCUT2D eigenvalue weighted by Crippen LogP contribution is 2.27. The van der Waals surface area contributed by atoms with Crippen molar-refractivity contribution in [2.45, 2.75) is 55.4 Å². The molecule has 3 aromatic rings. The largest absolute Gasteiger partial charge is 0.336 e. The minimum atomic E-state index is 0.770. The van der Waals surface area contributed by atoms with E-state index < -0.39 is 0 Å². The minimum Gasteiger partial charge on any atom is -0.336 e. The van der Waals surface area contributed by atoms with Gasteiger partial charge in [0.1, 0.15) is 0 Å². The van der Waals surface area contributed by atoms with Gasteiger partial charge in [0.15, 0.2) is 5.82 Å². The molecule has 2 aromatic carbocycles. The Morgan fingerprint density at radius 2 is 1.10 bits per heavy atom. The van der Waals surface area contributed by atoms with Crippen LogP contribution in [0.15, 0.2) is 40.4 Å². The van der Waals surface area contributed by atoms with E-state index in [9.17, 15) is 0 Å². The van der Waals surface area contributed by atoms with Gasteiger partial charge >= 0.3 is 0 Å². The molecule has 0 unspecified atom stereocenters. The van der Waals surface area contributed by atoms with E-state index >= 15 is 0 Å². The number of nitrogens with zero attached hydrogens (tertiary/aromatic N) is 3. The Hall–Kier alpha value is -3.01. The zero-order chi connectivity index (χ0) is 21.3. The maximum atomic E-state index is 4.87. The van der Waals surface area contributed by atoms with Crippen LogP contribution in [0.2, 0.25) is 0 Å². The molecule has 0 fully saturated rings. The van der Waals surface area contributed by atoms with Gasteiger partial charge in [0.25, 0.3) is 0 Å². The third kappa shape index (κ3) is 4.53.